The molecule has 0 aromatic heterocycles. The van der Waals surface area contributed by atoms with Crippen LogP contribution in [0.4, 0.5) is 11.4 Å². The molecule has 7 nitrogen and oxygen atoms in total. The first-order valence-corrected chi connectivity index (χ1v) is 8.32. The molecule has 1 aliphatic carbocycles. The number of nitrogens with zero attached hydrogens (tertiary/aromatic N) is 1. The molecule has 1 heterocycles. The summed E-state index contributed by atoms with van der Waals surface area (Å²) in [5.74, 6) is 0.125. The van der Waals surface area contributed by atoms with Crippen LogP contribution in [-0.2, 0) is 0 Å². The number of fused-ring (bicyclic) bond motifs is 3. The van der Waals surface area contributed by atoms with E-state index in [-0.39, 0.29) is 35.1 Å². The van der Waals surface area contributed by atoms with E-state index >= 15 is 0 Å². The Kier molecular flexibility index (Phi) is 3.72. The number of anilines is 1. The molecular formula is C19H18N2O5. The minimum Gasteiger partial charge on any atom is -0.506 e. The van der Waals surface area contributed by atoms with Crippen molar-refractivity contribution in [3.05, 3.63) is 63.7 Å². The van der Waals surface area contributed by atoms with Crippen LogP contribution in [0.15, 0.2) is 42.5 Å². The molecule has 26 heavy (non-hydrogen) atoms. The van der Waals surface area contributed by atoms with Gasteiger partial charge in [0.05, 0.1) is 29.3 Å². The van der Waals surface area contributed by atoms with E-state index in [0.29, 0.717) is 29.0 Å². The predicted molar refractivity (Wildman–Crippen MR) is 95.8 cm³/mol. The summed E-state index contributed by atoms with van der Waals surface area (Å²) in [6.45, 7) is 0. The molecule has 3 atom stereocenters. The fourth-order valence-corrected chi connectivity index (χ4v) is 4.10. The second-order valence-electron chi connectivity index (χ2n) is 6.52. The molecular weight excluding hydrogens is 336 g/mol. The standard InChI is InChI=1S/C19H18N2O5/c1-26-15-7-3-6-12(19(15)23)17-11-5-2-4-10(11)16-13(21(24)25)8-9-14(22)18(16)20-17/h2-4,6-11,17,20,22-23H,5H2,1H3. The van der Waals surface area contributed by atoms with Crippen molar-refractivity contribution in [2.75, 3.05) is 12.4 Å². The van der Waals surface area contributed by atoms with Crippen molar-refractivity contribution < 1.29 is 19.9 Å². The number of methoxy groups -OCH3 is 1. The van der Waals surface area contributed by atoms with Crippen LogP contribution in [-0.4, -0.2) is 22.2 Å². The Hall–Kier alpha value is -3.22. The first-order valence-electron chi connectivity index (χ1n) is 8.32. The third-order valence-electron chi connectivity index (χ3n) is 5.26. The van der Waals surface area contributed by atoms with Crippen LogP contribution in [0.25, 0.3) is 0 Å². The average molecular weight is 354 g/mol. The number of ether oxygens (including phenoxy) is 1. The van der Waals surface area contributed by atoms with Crippen molar-refractivity contribution >= 4 is 11.4 Å². The molecule has 2 aromatic rings. The summed E-state index contributed by atoms with van der Waals surface area (Å²) in [5.41, 5.74) is 1.46. The van der Waals surface area contributed by atoms with Gasteiger partial charge in [0.25, 0.3) is 5.69 Å². The zero-order chi connectivity index (χ0) is 18.4. The number of phenols is 2. The fraction of sp³-hybridized carbons (Fsp3) is 0.263. The van der Waals surface area contributed by atoms with Gasteiger partial charge in [0, 0.05) is 17.5 Å². The van der Waals surface area contributed by atoms with Crippen LogP contribution in [0, 0.1) is 16.0 Å². The second-order valence-corrected chi connectivity index (χ2v) is 6.52. The van der Waals surface area contributed by atoms with Crippen LogP contribution in [0.2, 0.25) is 0 Å². The summed E-state index contributed by atoms with van der Waals surface area (Å²) in [5, 5.41) is 35.6. The number of aromatic hydroxyl groups is 2. The van der Waals surface area contributed by atoms with Gasteiger partial charge in [-0.05, 0) is 24.5 Å². The molecule has 0 fully saturated rings. The molecule has 0 saturated carbocycles. The molecule has 0 radical (unpaired) electrons. The number of hydrogen-bond donors (Lipinski definition) is 3. The number of para-hydroxylation sites is 1. The van der Waals surface area contributed by atoms with Crippen LogP contribution in [0.5, 0.6) is 17.2 Å². The molecule has 0 spiro atoms. The SMILES string of the molecule is COc1cccc(C2Nc3c(O)ccc([N+](=O)[O-])c3C3C=CCC32)c1O. The minimum absolute atomic E-state index is 0.0130. The highest BCUT2D eigenvalue weighted by molar-refractivity contribution is 5.73. The van der Waals surface area contributed by atoms with Crippen molar-refractivity contribution in [1.82, 2.24) is 0 Å². The molecule has 0 bridgehead atoms. The van der Waals surface area contributed by atoms with Crippen molar-refractivity contribution in [2.24, 2.45) is 5.92 Å². The van der Waals surface area contributed by atoms with Gasteiger partial charge < -0.3 is 20.3 Å². The third-order valence-corrected chi connectivity index (χ3v) is 5.26. The van der Waals surface area contributed by atoms with E-state index in [1.807, 2.05) is 12.2 Å². The monoisotopic (exact) mass is 354 g/mol. The molecule has 2 aromatic carbocycles. The van der Waals surface area contributed by atoms with E-state index in [1.165, 1.54) is 19.2 Å². The van der Waals surface area contributed by atoms with E-state index in [2.05, 4.69) is 5.32 Å². The highest BCUT2D eigenvalue weighted by atomic mass is 16.6. The summed E-state index contributed by atoms with van der Waals surface area (Å²) in [7, 11) is 1.48. The Morgan fingerprint density at radius 1 is 1.27 bits per heavy atom. The summed E-state index contributed by atoms with van der Waals surface area (Å²) in [6.07, 6.45) is 4.65. The van der Waals surface area contributed by atoms with Gasteiger partial charge in [-0.1, -0.05) is 24.3 Å². The van der Waals surface area contributed by atoms with Gasteiger partial charge in [-0.15, -0.1) is 0 Å². The maximum Gasteiger partial charge on any atom is 0.275 e. The molecule has 0 amide bonds. The topological polar surface area (TPSA) is 105 Å². The highest BCUT2D eigenvalue weighted by Crippen LogP contribution is 2.56. The Morgan fingerprint density at radius 3 is 2.81 bits per heavy atom. The summed E-state index contributed by atoms with van der Waals surface area (Å²) >= 11 is 0. The average Bonchev–Trinajstić information content (AvgIpc) is 3.11. The fourth-order valence-electron chi connectivity index (χ4n) is 4.10. The highest BCUT2D eigenvalue weighted by Gasteiger charge is 2.43. The van der Waals surface area contributed by atoms with E-state index in [9.17, 15) is 20.3 Å². The number of nitro benzene ring substituents is 1. The first-order chi connectivity index (χ1) is 12.5. The number of rotatable bonds is 3. The quantitative estimate of drug-likeness (QED) is 0.335. The maximum absolute atomic E-state index is 11.5. The van der Waals surface area contributed by atoms with Gasteiger partial charge in [0.1, 0.15) is 5.75 Å². The molecule has 3 N–H and O–H groups in total. The number of nitro groups is 1. The van der Waals surface area contributed by atoms with E-state index in [1.54, 1.807) is 18.2 Å². The summed E-state index contributed by atoms with van der Waals surface area (Å²) in [6, 6.07) is 7.60. The van der Waals surface area contributed by atoms with Gasteiger partial charge in [-0.3, -0.25) is 10.1 Å². The molecule has 2 aliphatic rings. The molecule has 134 valence electrons. The zero-order valence-corrected chi connectivity index (χ0v) is 14.0. The third kappa shape index (κ3) is 2.28. The summed E-state index contributed by atoms with van der Waals surface area (Å²) in [4.78, 5) is 11.1. The van der Waals surface area contributed by atoms with Crippen molar-refractivity contribution in [3.8, 4) is 17.2 Å². The normalized spacial score (nSPS) is 23.0. The number of phenolic OH excluding ortho intramolecular Hbond substituents is 2. The predicted octanol–water partition coefficient (Wildman–Crippen LogP) is 3.84. The van der Waals surface area contributed by atoms with Crippen molar-refractivity contribution in [3.63, 3.8) is 0 Å². The molecule has 0 saturated heterocycles. The lowest BCUT2D eigenvalue weighted by Gasteiger charge is -2.37. The van der Waals surface area contributed by atoms with Gasteiger partial charge in [0.15, 0.2) is 11.5 Å². The van der Waals surface area contributed by atoms with Crippen LogP contribution in [0.1, 0.15) is 29.5 Å². The van der Waals surface area contributed by atoms with Gasteiger partial charge in [-0.25, -0.2) is 0 Å². The Labute approximate surface area is 149 Å². The van der Waals surface area contributed by atoms with Gasteiger partial charge in [0.2, 0.25) is 0 Å². The first kappa shape index (κ1) is 16.3. The minimum atomic E-state index is -0.424. The lowest BCUT2D eigenvalue weighted by atomic mass is 9.76. The Bertz CT molecular complexity index is 924. The maximum atomic E-state index is 11.5. The number of allylic oxidation sites excluding steroid dienone is 2. The van der Waals surface area contributed by atoms with E-state index in [4.69, 9.17) is 4.74 Å². The van der Waals surface area contributed by atoms with Crippen LogP contribution in [0.3, 0.4) is 0 Å². The largest absolute Gasteiger partial charge is 0.506 e. The zero-order valence-electron chi connectivity index (χ0n) is 14.0. The molecule has 1 aliphatic heterocycles. The number of hydrogen-bond acceptors (Lipinski definition) is 6. The lowest BCUT2D eigenvalue weighted by molar-refractivity contribution is -0.385. The van der Waals surface area contributed by atoms with E-state index in [0.717, 1.165) is 0 Å². The van der Waals surface area contributed by atoms with Gasteiger partial charge >= 0.3 is 0 Å². The number of nitrogens with one attached hydrogen (secondary N) is 1. The lowest BCUT2D eigenvalue weighted by Crippen LogP contribution is -2.29. The molecule has 7 heteroatoms. The molecule has 4 rings (SSSR count). The van der Waals surface area contributed by atoms with Crippen molar-refractivity contribution in [2.45, 2.75) is 18.4 Å². The Balaban J connectivity index is 1.89. The summed E-state index contributed by atoms with van der Waals surface area (Å²) < 4.78 is 5.20. The molecule has 3 unspecified atom stereocenters. The van der Waals surface area contributed by atoms with Gasteiger partial charge in [-0.2, -0.15) is 0 Å². The van der Waals surface area contributed by atoms with Crippen LogP contribution >= 0.6 is 0 Å². The van der Waals surface area contributed by atoms with Crippen molar-refractivity contribution in [1.29, 1.82) is 0 Å². The second kappa shape index (κ2) is 5.94. The Morgan fingerprint density at radius 2 is 2.08 bits per heavy atom. The van der Waals surface area contributed by atoms with Crippen LogP contribution < -0.4 is 10.1 Å². The smallest absolute Gasteiger partial charge is 0.275 e. The number of benzene rings is 2. The van der Waals surface area contributed by atoms with E-state index < -0.39 is 4.92 Å².